The van der Waals surface area contributed by atoms with Gasteiger partial charge >= 0.3 is 0 Å². The molecule has 1 N–H and O–H groups in total. The van der Waals surface area contributed by atoms with Gasteiger partial charge in [-0.3, -0.25) is 4.79 Å². The number of hydrogen-bond donors (Lipinski definition) is 1. The van der Waals surface area contributed by atoms with Crippen LogP contribution in [0.15, 0.2) is 24.5 Å². The highest BCUT2D eigenvalue weighted by Crippen LogP contribution is 2.19. The summed E-state index contributed by atoms with van der Waals surface area (Å²) in [5.74, 6) is 0.0891. The summed E-state index contributed by atoms with van der Waals surface area (Å²) in [5, 5.41) is 4.05. The fraction of sp³-hybridized carbons (Fsp3) is 0.467. The Kier molecular flexibility index (Phi) is 5.12. The molecule has 0 saturated carbocycles. The average molecular weight is 275 g/mol. The van der Waals surface area contributed by atoms with E-state index in [4.69, 9.17) is 4.74 Å². The van der Waals surface area contributed by atoms with Crippen LogP contribution in [0.25, 0.3) is 11.0 Å². The van der Waals surface area contributed by atoms with Gasteiger partial charge < -0.3 is 14.6 Å². The minimum atomic E-state index is 0.0891. The van der Waals surface area contributed by atoms with Gasteiger partial charge in [0.05, 0.1) is 6.61 Å². The van der Waals surface area contributed by atoms with Crippen molar-refractivity contribution in [3.8, 4) is 0 Å². The monoisotopic (exact) mass is 275 g/mol. The quantitative estimate of drug-likeness (QED) is 0.837. The molecule has 2 aromatic rings. The van der Waals surface area contributed by atoms with E-state index < -0.39 is 0 Å². The number of nitrogens with one attached hydrogen (secondary N) is 1. The largest absolute Gasteiger partial charge is 0.383 e. The lowest BCUT2D eigenvalue weighted by Gasteiger charge is -2.02. The predicted octanol–water partition coefficient (Wildman–Crippen LogP) is 1.75. The molecule has 20 heavy (non-hydrogen) atoms. The lowest BCUT2D eigenvalue weighted by molar-refractivity contribution is -0.120. The Bertz CT molecular complexity index is 578. The zero-order valence-electron chi connectivity index (χ0n) is 12.1. The van der Waals surface area contributed by atoms with E-state index in [2.05, 4.69) is 27.1 Å². The van der Waals surface area contributed by atoms with Crippen molar-refractivity contribution in [2.75, 3.05) is 20.3 Å². The van der Waals surface area contributed by atoms with Gasteiger partial charge in [0.25, 0.3) is 0 Å². The van der Waals surface area contributed by atoms with Crippen LogP contribution < -0.4 is 5.32 Å². The first-order valence-corrected chi connectivity index (χ1v) is 6.94. The van der Waals surface area contributed by atoms with Gasteiger partial charge in [-0.2, -0.15) is 0 Å². The van der Waals surface area contributed by atoms with Crippen molar-refractivity contribution in [2.24, 2.45) is 0 Å². The van der Waals surface area contributed by atoms with Crippen molar-refractivity contribution in [1.29, 1.82) is 0 Å². The van der Waals surface area contributed by atoms with Crippen molar-refractivity contribution in [2.45, 2.75) is 26.3 Å². The summed E-state index contributed by atoms with van der Waals surface area (Å²) in [4.78, 5) is 15.7. The molecule has 2 heterocycles. The van der Waals surface area contributed by atoms with Crippen molar-refractivity contribution in [3.63, 3.8) is 0 Å². The average Bonchev–Trinajstić information content (AvgIpc) is 2.83. The Labute approximate surface area is 118 Å². The third kappa shape index (κ3) is 3.36. The summed E-state index contributed by atoms with van der Waals surface area (Å²) in [7, 11) is 1.69. The normalized spacial score (nSPS) is 10.9. The smallest absolute Gasteiger partial charge is 0.219 e. The van der Waals surface area contributed by atoms with E-state index in [0.29, 0.717) is 19.6 Å². The number of hydrogen-bond acceptors (Lipinski definition) is 3. The second-order valence-electron chi connectivity index (χ2n) is 4.67. The van der Waals surface area contributed by atoms with Crippen LogP contribution in [0.2, 0.25) is 0 Å². The fourth-order valence-electron chi connectivity index (χ4n) is 2.22. The molecule has 0 bridgehead atoms. The number of ether oxygens (including phenoxy) is 1. The van der Waals surface area contributed by atoms with Crippen molar-refractivity contribution >= 4 is 16.9 Å². The highest BCUT2D eigenvalue weighted by atomic mass is 16.5. The third-order valence-corrected chi connectivity index (χ3v) is 3.29. The van der Waals surface area contributed by atoms with E-state index in [0.717, 1.165) is 24.0 Å². The molecule has 0 aromatic carbocycles. The maximum absolute atomic E-state index is 11.3. The van der Waals surface area contributed by atoms with E-state index in [9.17, 15) is 4.79 Å². The van der Waals surface area contributed by atoms with Crippen LogP contribution in [0, 0.1) is 0 Å². The topological polar surface area (TPSA) is 56.2 Å². The lowest BCUT2D eigenvalue weighted by Crippen LogP contribution is -2.24. The van der Waals surface area contributed by atoms with Crippen LogP contribution in [-0.2, 0) is 22.5 Å². The minimum absolute atomic E-state index is 0.0891. The van der Waals surface area contributed by atoms with Gasteiger partial charge in [-0.05, 0) is 24.1 Å². The molecule has 5 heteroatoms. The van der Waals surface area contributed by atoms with Crippen LogP contribution in [-0.4, -0.2) is 35.7 Å². The summed E-state index contributed by atoms with van der Waals surface area (Å²) in [6.07, 6.45) is 5.24. The van der Waals surface area contributed by atoms with E-state index in [1.54, 1.807) is 13.3 Å². The number of carbonyl (C=O) groups is 1. The number of amides is 1. The zero-order valence-corrected chi connectivity index (χ0v) is 12.1. The molecule has 0 aliphatic rings. The van der Waals surface area contributed by atoms with Gasteiger partial charge in [-0.15, -0.1) is 0 Å². The first kappa shape index (κ1) is 14.5. The van der Waals surface area contributed by atoms with Gasteiger partial charge in [0.1, 0.15) is 5.65 Å². The summed E-state index contributed by atoms with van der Waals surface area (Å²) in [6, 6.07) is 4.01. The second-order valence-corrected chi connectivity index (χ2v) is 4.67. The molecule has 0 unspecified atom stereocenters. The summed E-state index contributed by atoms with van der Waals surface area (Å²) in [6.45, 7) is 3.96. The summed E-state index contributed by atoms with van der Waals surface area (Å²) in [5.41, 5.74) is 2.18. The number of fused-ring (bicyclic) bond motifs is 1. The molecule has 0 radical (unpaired) electrons. The molecule has 1 amide bonds. The van der Waals surface area contributed by atoms with Crippen molar-refractivity contribution < 1.29 is 9.53 Å². The minimum Gasteiger partial charge on any atom is -0.383 e. The Balaban J connectivity index is 2.13. The Morgan fingerprint density at radius 3 is 3.10 bits per heavy atom. The van der Waals surface area contributed by atoms with Crippen LogP contribution in [0.1, 0.15) is 18.9 Å². The summed E-state index contributed by atoms with van der Waals surface area (Å²) >= 11 is 0. The SMILES string of the molecule is CCC(=O)NCCc1cn(CCOC)c2ncccc12. The van der Waals surface area contributed by atoms with Crippen LogP contribution >= 0.6 is 0 Å². The highest BCUT2D eigenvalue weighted by Gasteiger charge is 2.09. The maximum Gasteiger partial charge on any atom is 0.219 e. The molecular weight excluding hydrogens is 254 g/mol. The van der Waals surface area contributed by atoms with Gasteiger partial charge in [-0.25, -0.2) is 4.98 Å². The molecule has 5 nitrogen and oxygen atoms in total. The van der Waals surface area contributed by atoms with Crippen molar-refractivity contribution in [3.05, 3.63) is 30.1 Å². The Morgan fingerprint density at radius 2 is 2.35 bits per heavy atom. The third-order valence-electron chi connectivity index (χ3n) is 3.29. The predicted molar refractivity (Wildman–Crippen MR) is 78.6 cm³/mol. The van der Waals surface area contributed by atoms with Gasteiger partial charge in [0.2, 0.25) is 5.91 Å². The van der Waals surface area contributed by atoms with E-state index in [1.807, 2.05) is 13.0 Å². The van der Waals surface area contributed by atoms with Gasteiger partial charge in [0.15, 0.2) is 0 Å². The number of nitrogens with zero attached hydrogens (tertiary/aromatic N) is 2. The number of aromatic nitrogens is 2. The standard InChI is InChI=1S/C15H21N3O2/c1-3-14(19)16-8-6-12-11-18(9-10-20-2)15-13(12)5-4-7-17-15/h4-5,7,11H,3,6,8-10H2,1-2H3,(H,16,19). The molecule has 0 spiro atoms. The molecule has 108 valence electrons. The van der Waals surface area contributed by atoms with Gasteiger partial charge in [0, 0.05) is 44.4 Å². The number of pyridine rings is 1. The second kappa shape index (κ2) is 7.05. The Morgan fingerprint density at radius 1 is 1.50 bits per heavy atom. The van der Waals surface area contributed by atoms with Crippen LogP contribution in [0.5, 0.6) is 0 Å². The van der Waals surface area contributed by atoms with E-state index in [1.165, 1.54) is 5.56 Å². The van der Waals surface area contributed by atoms with Gasteiger partial charge in [-0.1, -0.05) is 6.92 Å². The molecule has 2 rings (SSSR count). The first-order valence-electron chi connectivity index (χ1n) is 6.94. The van der Waals surface area contributed by atoms with Crippen molar-refractivity contribution in [1.82, 2.24) is 14.9 Å². The first-order chi connectivity index (χ1) is 9.76. The van der Waals surface area contributed by atoms with E-state index >= 15 is 0 Å². The number of carbonyl (C=O) groups excluding carboxylic acids is 1. The van der Waals surface area contributed by atoms with Crippen LogP contribution in [0.3, 0.4) is 0 Å². The van der Waals surface area contributed by atoms with E-state index in [-0.39, 0.29) is 5.91 Å². The molecule has 0 saturated heterocycles. The molecular formula is C15H21N3O2. The highest BCUT2D eigenvalue weighted by molar-refractivity contribution is 5.80. The fourth-order valence-corrected chi connectivity index (χ4v) is 2.22. The molecule has 0 aliphatic heterocycles. The molecule has 0 aliphatic carbocycles. The summed E-state index contributed by atoms with van der Waals surface area (Å²) < 4.78 is 7.23. The zero-order chi connectivity index (χ0) is 14.4. The number of rotatable bonds is 7. The number of methoxy groups -OCH3 is 1. The lowest BCUT2D eigenvalue weighted by atomic mass is 10.1. The molecule has 0 atom stereocenters. The maximum atomic E-state index is 11.3. The Hall–Kier alpha value is -1.88. The molecule has 2 aromatic heterocycles. The van der Waals surface area contributed by atoms with Crippen LogP contribution in [0.4, 0.5) is 0 Å². The molecule has 0 fully saturated rings.